The summed E-state index contributed by atoms with van der Waals surface area (Å²) >= 11 is 3.12. The molecule has 0 radical (unpaired) electrons. The molecule has 2 aromatic heterocycles. The van der Waals surface area contributed by atoms with Gasteiger partial charge in [-0.1, -0.05) is 18.2 Å². The van der Waals surface area contributed by atoms with Gasteiger partial charge in [-0.2, -0.15) is 0 Å². The predicted octanol–water partition coefficient (Wildman–Crippen LogP) is 2.91. The molecule has 0 saturated heterocycles. The standard InChI is InChI=1S/C18H19N3O2S2/c1-13-11-17(23)21-14(12-25-18(21)20-13)7-9-19-16(22)8-10-24-15-5-3-2-4-6-15/h2-6,11-12H,7-10H2,1H3,(H,19,22). The summed E-state index contributed by atoms with van der Waals surface area (Å²) in [4.78, 5) is 30.3. The summed E-state index contributed by atoms with van der Waals surface area (Å²) in [5.74, 6) is 0.782. The molecule has 5 nitrogen and oxygen atoms in total. The Kier molecular flexibility index (Phi) is 5.88. The van der Waals surface area contributed by atoms with Gasteiger partial charge in [0.1, 0.15) is 0 Å². The van der Waals surface area contributed by atoms with Crippen LogP contribution in [-0.4, -0.2) is 27.6 Å². The highest BCUT2D eigenvalue weighted by Gasteiger charge is 2.08. The molecular formula is C18H19N3O2S2. The third-order valence-electron chi connectivity index (χ3n) is 3.65. The molecule has 1 aromatic carbocycles. The van der Waals surface area contributed by atoms with E-state index in [2.05, 4.69) is 10.3 Å². The predicted molar refractivity (Wildman–Crippen MR) is 103 cm³/mol. The molecule has 0 bridgehead atoms. The van der Waals surface area contributed by atoms with E-state index in [0.717, 1.165) is 17.1 Å². The second-order valence-electron chi connectivity index (χ2n) is 5.59. The summed E-state index contributed by atoms with van der Waals surface area (Å²) < 4.78 is 1.62. The Bertz CT molecular complexity index is 919. The molecule has 0 aliphatic heterocycles. The highest BCUT2D eigenvalue weighted by atomic mass is 32.2. The van der Waals surface area contributed by atoms with Crippen molar-refractivity contribution in [3.8, 4) is 0 Å². The number of thioether (sulfide) groups is 1. The van der Waals surface area contributed by atoms with Gasteiger partial charge < -0.3 is 5.32 Å². The molecule has 0 fully saturated rings. The van der Waals surface area contributed by atoms with Gasteiger partial charge in [0.2, 0.25) is 5.91 Å². The first-order valence-corrected chi connectivity index (χ1v) is 9.91. The molecule has 3 aromatic rings. The van der Waals surface area contributed by atoms with E-state index in [1.807, 2.05) is 42.6 Å². The van der Waals surface area contributed by atoms with E-state index in [1.165, 1.54) is 22.3 Å². The van der Waals surface area contributed by atoms with Crippen LogP contribution < -0.4 is 10.9 Å². The number of carbonyl (C=O) groups is 1. The Morgan fingerprint density at radius 3 is 2.92 bits per heavy atom. The highest BCUT2D eigenvalue weighted by molar-refractivity contribution is 7.99. The molecule has 0 aliphatic carbocycles. The summed E-state index contributed by atoms with van der Waals surface area (Å²) in [5.41, 5.74) is 1.54. The average Bonchev–Trinajstić information content (AvgIpc) is 2.99. The minimum atomic E-state index is -0.0654. The summed E-state index contributed by atoms with van der Waals surface area (Å²) in [6.45, 7) is 2.33. The number of rotatable bonds is 7. The number of carbonyl (C=O) groups excluding carboxylic acids is 1. The van der Waals surface area contributed by atoms with Gasteiger partial charge in [-0.3, -0.25) is 14.0 Å². The van der Waals surface area contributed by atoms with E-state index in [9.17, 15) is 9.59 Å². The van der Waals surface area contributed by atoms with Crippen LogP contribution in [0, 0.1) is 6.92 Å². The number of fused-ring (bicyclic) bond motifs is 1. The number of aromatic nitrogens is 2. The Morgan fingerprint density at radius 1 is 1.32 bits per heavy atom. The fraction of sp³-hybridized carbons (Fsp3) is 0.278. The maximum Gasteiger partial charge on any atom is 0.258 e. The van der Waals surface area contributed by atoms with Crippen molar-refractivity contribution in [3.05, 3.63) is 63.5 Å². The molecular weight excluding hydrogens is 354 g/mol. The third-order valence-corrected chi connectivity index (χ3v) is 5.54. The quantitative estimate of drug-likeness (QED) is 0.647. The molecule has 0 saturated carbocycles. The van der Waals surface area contributed by atoms with Crippen molar-refractivity contribution in [1.82, 2.24) is 14.7 Å². The lowest BCUT2D eigenvalue weighted by atomic mass is 10.3. The summed E-state index contributed by atoms with van der Waals surface area (Å²) in [5, 5.41) is 4.85. The highest BCUT2D eigenvalue weighted by Crippen LogP contribution is 2.17. The van der Waals surface area contributed by atoms with Gasteiger partial charge in [0.15, 0.2) is 4.96 Å². The minimum Gasteiger partial charge on any atom is -0.356 e. The van der Waals surface area contributed by atoms with Gasteiger partial charge in [0.05, 0.1) is 0 Å². The number of aryl methyl sites for hydroxylation is 1. The largest absolute Gasteiger partial charge is 0.356 e. The molecule has 0 unspecified atom stereocenters. The molecule has 3 rings (SSSR count). The number of thiazole rings is 1. The first kappa shape index (κ1) is 17.7. The van der Waals surface area contributed by atoms with Crippen LogP contribution in [0.5, 0.6) is 0 Å². The zero-order valence-corrected chi connectivity index (χ0v) is 15.5. The number of benzene rings is 1. The van der Waals surface area contributed by atoms with Crippen LogP contribution in [0.15, 0.2) is 51.5 Å². The molecule has 1 N–H and O–H groups in total. The number of nitrogens with zero attached hydrogens (tertiary/aromatic N) is 2. The summed E-state index contributed by atoms with van der Waals surface area (Å²) in [7, 11) is 0. The van der Waals surface area contributed by atoms with Gasteiger partial charge in [0, 0.05) is 52.9 Å². The van der Waals surface area contributed by atoms with Crippen molar-refractivity contribution in [2.75, 3.05) is 12.3 Å². The minimum absolute atomic E-state index is 0.0317. The molecule has 2 heterocycles. The van der Waals surface area contributed by atoms with Gasteiger partial charge in [-0.25, -0.2) is 4.98 Å². The van der Waals surface area contributed by atoms with Crippen molar-refractivity contribution in [3.63, 3.8) is 0 Å². The normalized spacial score (nSPS) is 10.9. The van der Waals surface area contributed by atoms with Crippen LogP contribution in [0.3, 0.4) is 0 Å². The van der Waals surface area contributed by atoms with Crippen LogP contribution in [0.25, 0.3) is 4.96 Å². The molecule has 0 atom stereocenters. The second kappa shape index (κ2) is 8.31. The Balaban J connectivity index is 1.46. The van der Waals surface area contributed by atoms with Gasteiger partial charge in [0.25, 0.3) is 5.56 Å². The number of hydrogen-bond donors (Lipinski definition) is 1. The van der Waals surface area contributed by atoms with Gasteiger partial charge >= 0.3 is 0 Å². The van der Waals surface area contributed by atoms with Crippen LogP contribution >= 0.6 is 23.1 Å². The fourth-order valence-corrected chi connectivity index (χ4v) is 4.30. The molecule has 0 aliphatic rings. The van der Waals surface area contributed by atoms with E-state index >= 15 is 0 Å². The first-order valence-electron chi connectivity index (χ1n) is 8.05. The van der Waals surface area contributed by atoms with Crippen LogP contribution in [0.4, 0.5) is 0 Å². The molecule has 0 spiro atoms. The Hall–Kier alpha value is -2.12. The lowest BCUT2D eigenvalue weighted by molar-refractivity contribution is -0.120. The van der Waals surface area contributed by atoms with E-state index in [0.29, 0.717) is 24.3 Å². The zero-order chi connectivity index (χ0) is 17.6. The lowest BCUT2D eigenvalue weighted by Crippen LogP contribution is -2.27. The van der Waals surface area contributed by atoms with E-state index in [-0.39, 0.29) is 11.5 Å². The van der Waals surface area contributed by atoms with E-state index in [4.69, 9.17) is 0 Å². The van der Waals surface area contributed by atoms with Crippen molar-refractivity contribution in [1.29, 1.82) is 0 Å². The van der Waals surface area contributed by atoms with Crippen molar-refractivity contribution in [2.45, 2.75) is 24.7 Å². The Morgan fingerprint density at radius 2 is 2.12 bits per heavy atom. The van der Waals surface area contributed by atoms with Crippen LogP contribution in [0.2, 0.25) is 0 Å². The fourth-order valence-electron chi connectivity index (χ4n) is 2.45. The zero-order valence-electron chi connectivity index (χ0n) is 13.9. The maximum absolute atomic E-state index is 12.1. The third kappa shape index (κ3) is 4.70. The smallest absolute Gasteiger partial charge is 0.258 e. The molecule has 130 valence electrons. The van der Waals surface area contributed by atoms with Crippen molar-refractivity contribution >= 4 is 34.0 Å². The lowest BCUT2D eigenvalue weighted by Gasteiger charge is -2.05. The number of nitrogens with one attached hydrogen (secondary N) is 1. The average molecular weight is 374 g/mol. The second-order valence-corrected chi connectivity index (χ2v) is 7.60. The molecule has 1 amide bonds. The van der Waals surface area contributed by atoms with Crippen LogP contribution in [0.1, 0.15) is 17.8 Å². The number of amides is 1. The van der Waals surface area contributed by atoms with Gasteiger partial charge in [-0.05, 0) is 19.1 Å². The van der Waals surface area contributed by atoms with E-state index < -0.39 is 0 Å². The van der Waals surface area contributed by atoms with E-state index in [1.54, 1.807) is 16.2 Å². The van der Waals surface area contributed by atoms with Crippen molar-refractivity contribution < 1.29 is 4.79 Å². The monoisotopic (exact) mass is 373 g/mol. The summed E-state index contributed by atoms with van der Waals surface area (Å²) in [6.07, 6.45) is 1.09. The number of hydrogen-bond acceptors (Lipinski definition) is 5. The molecule has 7 heteroatoms. The maximum atomic E-state index is 12.1. The van der Waals surface area contributed by atoms with Crippen molar-refractivity contribution in [2.24, 2.45) is 0 Å². The van der Waals surface area contributed by atoms with Crippen LogP contribution in [-0.2, 0) is 11.2 Å². The van der Waals surface area contributed by atoms with Gasteiger partial charge in [-0.15, -0.1) is 23.1 Å². The Labute approximate surface area is 154 Å². The summed E-state index contributed by atoms with van der Waals surface area (Å²) in [6, 6.07) is 11.6. The topological polar surface area (TPSA) is 63.5 Å². The molecule has 25 heavy (non-hydrogen) atoms. The first-order chi connectivity index (χ1) is 12.1. The SMILES string of the molecule is Cc1cc(=O)n2c(CCNC(=O)CCSc3ccccc3)csc2n1.